The van der Waals surface area contributed by atoms with Crippen molar-refractivity contribution in [3.05, 3.63) is 23.8 Å². The van der Waals surface area contributed by atoms with E-state index in [2.05, 4.69) is 35.0 Å². The van der Waals surface area contributed by atoms with E-state index in [1.54, 1.807) is 0 Å². The second-order valence-corrected chi connectivity index (χ2v) is 8.55. The molecule has 6 heteroatoms. The van der Waals surface area contributed by atoms with Crippen molar-refractivity contribution in [3.63, 3.8) is 0 Å². The van der Waals surface area contributed by atoms with Gasteiger partial charge in [0.1, 0.15) is 0 Å². The fraction of sp³-hybridized carbons (Fsp3) is 0.706. The molecule has 1 heterocycles. The number of fused-ring (bicyclic) bond motifs is 1. The molecule has 0 radical (unpaired) electrons. The van der Waals surface area contributed by atoms with Crippen molar-refractivity contribution in [1.29, 1.82) is 0 Å². The number of hydrogen-bond acceptors (Lipinski definition) is 5. The van der Waals surface area contributed by atoms with Crippen molar-refractivity contribution >= 4 is 14.5 Å². The predicted octanol–water partition coefficient (Wildman–Crippen LogP) is 3.02. The zero-order valence-corrected chi connectivity index (χ0v) is 15.9. The van der Waals surface area contributed by atoms with Gasteiger partial charge in [0.15, 0.2) is 0 Å². The van der Waals surface area contributed by atoms with Gasteiger partial charge in [0.2, 0.25) is 0 Å². The van der Waals surface area contributed by atoms with Crippen LogP contribution in [-0.2, 0) is 13.3 Å². The quantitative estimate of drug-likeness (QED) is 0.574. The molecule has 2 rings (SSSR count). The summed E-state index contributed by atoms with van der Waals surface area (Å²) in [6.07, 6.45) is 7.62. The number of rotatable bonds is 10. The molecular formula is C17H30N2O3Si. The van der Waals surface area contributed by atoms with Crippen molar-refractivity contribution in [3.8, 4) is 0 Å². The third-order valence-electron chi connectivity index (χ3n) is 4.07. The van der Waals surface area contributed by atoms with Gasteiger partial charge in [0.25, 0.3) is 0 Å². The standard InChI is InChI=1S/C17H30N2O3Si/c1-5-20-23(21-6-2,22-7-3)12-8-11-19-14-18-16-13-15(4)9-10-17(16)19/h9-10,13,17H,5-8,11-12,14H2,1-4H3. The van der Waals surface area contributed by atoms with Crippen LogP contribution < -0.4 is 0 Å². The Morgan fingerprint density at radius 1 is 1.17 bits per heavy atom. The molecule has 0 saturated carbocycles. The lowest BCUT2D eigenvalue weighted by molar-refractivity contribution is 0.0700. The van der Waals surface area contributed by atoms with Gasteiger partial charge < -0.3 is 13.3 Å². The second-order valence-electron chi connectivity index (χ2n) is 5.81. The van der Waals surface area contributed by atoms with Crippen LogP contribution in [0.1, 0.15) is 34.1 Å². The molecule has 130 valence electrons. The minimum atomic E-state index is -2.52. The van der Waals surface area contributed by atoms with E-state index < -0.39 is 8.80 Å². The van der Waals surface area contributed by atoms with Gasteiger partial charge in [-0.2, -0.15) is 0 Å². The molecule has 1 atom stereocenters. The van der Waals surface area contributed by atoms with Crippen LogP contribution in [0.2, 0.25) is 6.04 Å². The summed E-state index contributed by atoms with van der Waals surface area (Å²) >= 11 is 0. The van der Waals surface area contributed by atoms with Crippen LogP contribution in [0, 0.1) is 0 Å². The summed E-state index contributed by atoms with van der Waals surface area (Å²) in [5, 5.41) is 0. The molecule has 0 spiro atoms. The molecule has 1 aliphatic heterocycles. The van der Waals surface area contributed by atoms with E-state index >= 15 is 0 Å². The van der Waals surface area contributed by atoms with Crippen LogP contribution in [-0.4, -0.2) is 58.5 Å². The fourth-order valence-electron chi connectivity index (χ4n) is 3.13. The maximum absolute atomic E-state index is 5.92. The van der Waals surface area contributed by atoms with E-state index in [1.165, 1.54) is 11.3 Å². The summed E-state index contributed by atoms with van der Waals surface area (Å²) < 4.78 is 17.8. The molecule has 0 amide bonds. The topological polar surface area (TPSA) is 43.3 Å². The summed E-state index contributed by atoms with van der Waals surface area (Å²) in [6, 6.07) is 1.20. The summed E-state index contributed by atoms with van der Waals surface area (Å²) in [4.78, 5) is 7.05. The third kappa shape index (κ3) is 4.84. The summed E-state index contributed by atoms with van der Waals surface area (Å²) in [6.45, 7) is 11.8. The lowest BCUT2D eigenvalue weighted by atomic mass is 10.0. The summed E-state index contributed by atoms with van der Waals surface area (Å²) in [5.74, 6) is 0. The minimum Gasteiger partial charge on any atom is -0.374 e. The van der Waals surface area contributed by atoms with Crippen LogP contribution in [0.4, 0.5) is 0 Å². The molecule has 1 aliphatic carbocycles. The lowest BCUT2D eigenvalue weighted by Gasteiger charge is -2.30. The molecular weight excluding hydrogens is 308 g/mol. The average Bonchev–Trinajstić information content (AvgIpc) is 2.90. The monoisotopic (exact) mass is 338 g/mol. The Hall–Kier alpha value is -0.793. The Bertz CT molecular complexity index is 459. The number of hydrogen-bond donors (Lipinski definition) is 0. The van der Waals surface area contributed by atoms with Gasteiger partial charge in [-0.1, -0.05) is 12.2 Å². The Kier molecular flexibility index (Phi) is 7.17. The van der Waals surface area contributed by atoms with Gasteiger partial charge >= 0.3 is 8.80 Å². The first-order valence-electron chi connectivity index (χ1n) is 8.71. The smallest absolute Gasteiger partial charge is 0.374 e. The first-order chi connectivity index (χ1) is 11.1. The average molecular weight is 339 g/mol. The highest BCUT2D eigenvalue weighted by Crippen LogP contribution is 2.22. The fourth-order valence-corrected chi connectivity index (χ4v) is 5.72. The van der Waals surface area contributed by atoms with E-state index in [-0.39, 0.29) is 0 Å². The van der Waals surface area contributed by atoms with E-state index in [1.807, 2.05) is 20.8 Å². The van der Waals surface area contributed by atoms with Gasteiger partial charge in [0.05, 0.1) is 18.4 Å². The van der Waals surface area contributed by atoms with Crippen molar-refractivity contribution in [2.75, 3.05) is 33.0 Å². The predicted molar refractivity (Wildman–Crippen MR) is 95.7 cm³/mol. The van der Waals surface area contributed by atoms with Crippen LogP contribution in [0.3, 0.4) is 0 Å². The van der Waals surface area contributed by atoms with Crippen LogP contribution in [0.25, 0.3) is 0 Å². The highest BCUT2D eigenvalue weighted by Gasteiger charge is 2.40. The van der Waals surface area contributed by atoms with E-state index in [4.69, 9.17) is 13.3 Å². The molecule has 0 bridgehead atoms. The second kappa shape index (κ2) is 8.89. The lowest BCUT2D eigenvalue weighted by Crippen LogP contribution is -2.46. The minimum absolute atomic E-state index is 0.334. The molecule has 5 nitrogen and oxygen atoms in total. The van der Waals surface area contributed by atoms with Crippen molar-refractivity contribution in [1.82, 2.24) is 4.90 Å². The van der Waals surface area contributed by atoms with Crippen molar-refractivity contribution in [2.24, 2.45) is 4.99 Å². The normalized spacial score (nSPS) is 21.3. The zero-order chi connectivity index (χ0) is 16.7. The van der Waals surface area contributed by atoms with Gasteiger partial charge in [-0.15, -0.1) is 0 Å². The maximum atomic E-state index is 5.92. The largest absolute Gasteiger partial charge is 0.500 e. The number of aliphatic imine (C=N–C) groups is 1. The van der Waals surface area contributed by atoms with Crippen molar-refractivity contribution < 1.29 is 13.3 Å². The molecule has 0 N–H and O–H groups in total. The third-order valence-corrected chi connectivity index (χ3v) is 7.22. The Labute approximate surface area is 141 Å². The number of nitrogens with zero attached hydrogens (tertiary/aromatic N) is 2. The Balaban J connectivity index is 1.87. The first-order valence-corrected chi connectivity index (χ1v) is 10.6. The highest BCUT2D eigenvalue weighted by molar-refractivity contribution is 6.60. The van der Waals surface area contributed by atoms with E-state index in [0.29, 0.717) is 25.9 Å². The van der Waals surface area contributed by atoms with Gasteiger partial charge in [-0.3, -0.25) is 9.89 Å². The van der Waals surface area contributed by atoms with Crippen LogP contribution in [0.15, 0.2) is 28.8 Å². The molecule has 0 aromatic rings. The summed E-state index contributed by atoms with van der Waals surface area (Å²) in [7, 11) is -2.52. The zero-order valence-electron chi connectivity index (χ0n) is 14.9. The van der Waals surface area contributed by atoms with E-state index in [9.17, 15) is 0 Å². The first kappa shape index (κ1) is 18.5. The van der Waals surface area contributed by atoms with Gasteiger partial charge in [-0.25, -0.2) is 0 Å². The summed E-state index contributed by atoms with van der Waals surface area (Å²) in [5.41, 5.74) is 2.46. The van der Waals surface area contributed by atoms with Crippen LogP contribution in [0.5, 0.6) is 0 Å². The molecule has 0 fully saturated rings. The van der Waals surface area contributed by atoms with Crippen molar-refractivity contribution in [2.45, 2.75) is 46.2 Å². The Morgan fingerprint density at radius 2 is 1.83 bits per heavy atom. The molecule has 0 aromatic carbocycles. The van der Waals surface area contributed by atoms with Crippen LogP contribution >= 0.6 is 0 Å². The number of allylic oxidation sites excluding steroid dienone is 2. The molecule has 2 aliphatic rings. The highest BCUT2D eigenvalue weighted by atomic mass is 28.4. The maximum Gasteiger partial charge on any atom is 0.500 e. The molecule has 23 heavy (non-hydrogen) atoms. The molecule has 0 aromatic heterocycles. The van der Waals surface area contributed by atoms with E-state index in [0.717, 1.165) is 25.7 Å². The van der Waals surface area contributed by atoms with Gasteiger partial charge in [0, 0.05) is 32.4 Å². The van der Waals surface area contributed by atoms with Gasteiger partial charge in [-0.05, 0) is 45.8 Å². The Morgan fingerprint density at radius 3 is 2.43 bits per heavy atom. The molecule has 0 saturated heterocycles. The molecule has 1 unspecified atom stereocenters. The SMILES string of the molecule is CCO[Si](CCCN1CN=C2C=C(C)C=CC21)(OCC)OCC.